The standard InChI is InChI=1S/C19H23N5O4S/c1-4-26-19-24-14-5-6-15(13(7-20)18(14)29-19)28-17-9-21-16(8-22-17)27-10-11(2)23-12(3)25/h5-6,8-9,11H,4,7,10,20H2,1-3H3,(H,23,25). The first-order valence-electron chi connectivity index (χ1n) is 9.15. The lowest BCUT2D eigenvalue weighted by Crippen LogP contribution is -2.35. The van der Waals surface area contributed by atoms with Crippen LogP contribution in [0.15, 0.2) is 24.5 Å². The largest absolute Gasteiger partial charge is 0.474 e. The Morgan fingerprint density at radius 2 is 2.00 bits per heavy atom. The van der Waals surface area contributed by atoms with E-state index in [0.29, 0.717) is 29.3 Å². The Kier molecular flexibility index (Phi) is 6.78. The minimum atomic E-state index is -0.134. The van der Waals surface area contributed by atoms with Crippen LogP contribution in [0.2, 0.25) is 0 Å². The van der Waals surface area contributed by atoms with Gasteiger partial charge in [-0.3, -0.25) is 4.79 Å². The molecule has 0 spiro atoms. The summed E-state index contributed by atoms with van der Waals surface area (Å²) in [6.07, 6.45) is 2.94. The van der Waals surface area contributed by atoms with Crippen molar-refractivity contribution in [2.45, 2.75) is 33.4 Å². The van der Waals surface area contributed by atoms with Crippen molar-refractivity contribution in [3.63, 3.8) is 0 Å². The molecular formula is C19H23N5O4S. The van der Waals surface area contributed by atoms with Crippen molar-refractivity contribution in [2.75, 3.05) is 13.2 Å². The Morgan fingerprint density at radius 1 is 1.24 bits per heavy atom. The van der Waals surface area contributed by atoms with E-state index < -0.39 is 0 Å². The SMILES string of the molecule is CCOc1nc2ccc(Oc3cnc(OCC(C)NC(C)=O)cn3)c(CN)c2s1. The Morgan fingerprint density at radius 3 is 2.66 bits per heavy atom. The van der Waals surface area contributed by atoms with E-state index in [2.05, 4.69) is 20.3 Å². The smallest absolute Gasteiger partial charge is 0.274 e. The van der Waals surface area contributed by atoms with E-state index in [1.807, 2.05) is 19.9 Å². The van der Waals surface area contributed by atoms with Gasteiger partial charge in [0, 0.05) is 19.0 Å². The topological polar surface area (TPSA) is 121 Å². The van der Waals surface area contributed by atoms with E-state index in [1.165, 1.54) is 30.7 Å². The fraction of sp³-hybridized carbons (Fsp3) is 0.368. The predicted octanol–water partition coefficient (Wildman–Crippen LogP) is 2.64. The number of nitrogens with two attached hydrogens (primary N) is 1. The fourth-order valence-electron chi connectivity index (χ4n) is 2.63. The van der Waals surface area contributed by atoms with Gasteiger partial charge in [-0.05, 0) is 26.0 Å². The molecule has 1 aromatic carbocycles. The van der Waals surface area contributed by atoms with Crippen LogP contribution < -0.4 is 25.3 Å². The second kappa shape index (κ2) is 9.48. The number of thiazole rings is 1. The number of carbonyl (C=O) groups excluding carboxylic acids is 1. The van der Waals surface area contributed by atoms with Crippen molar-refractivity contribution in [2.24, 2.45) is 5.73 Å². The minimum absolute atomic E-state index is 0.113. The molecule has 154 valence electrons. The third-order valence-corrected chi connectivity index (χ3v) is 4.86. The Hall–Kier alpha value is -2.98. The predicted molar refractivity (Wildman–Crippen MR) is 110 cm³/mol. The molecule has 0 aliphatic heterocycles. The molecule has 10 heteroatoms. The van der Waals surface area contributed by atoms with Crippen LogP contribution in [0.25, 0.3) is 10.2 Å². The van der Waals surface area contributed by atoms with Crippen LogP contribution in [0.5, 0.6) is 22.7 Å². The van der Waals surface area contributed by atoms with Gasteiger partial charge in [0.25, 0.3) is 5.19 Å². The molecule has 1 unspecified atom stereocenters. The van der Waals surface area contributed by atoms with Crippen molar-refractivity contribution in [3.8, 4) is 22.7 Å². The lowest BCUT2D eigenvalue weighted by molar-refractivity contribution is -0.119. The summed E-state index contributed by atoms with van der Waals surface area (Å²) < 4.78 is 17.8. The molecule has 1 atom stereocenters. The molecule has 3 aromatic rings. The summed E-state index contributed by atoms with van der Waals surface area (Å²) >= 11 is 1.43. The average molecular weight is 417 g/mol. The van der Waals surface area contributed by atoms with Crippen molar-refractivity contribution < 1.29 is 19.0 Å². The Bertz CT molecular complexity index is 977. The van der Waals surface area contributed by atoms with Gasteiger partial charge >= 0.3 is 0 Å². The maximum atomic E-state index is 11.0. The summed E-state index contributed by atoms with van der Waals surface area (Å²) in [4.78, 5) is 23.9. The Balaban J connectivity index is 1.71. The third-order valence-electron chi connectivity index (χ3n) is 3.82. The molecular weight excluding hydrogens is 394 g/mol. The molecule has 0 saturated carbocycles. The number of hydrogen-bond acceptors (Lipinski definition) is 9. The maximum absolute atomic E-state index is 11.0. The molecule has 0 fully saturated rings. The quantitative estimate of drug-likeness (QED) is 0.545. The molecule has 29 heavy (non-hydrogen) atoms. The van der Waals surface area contributed by atoms with E-state index >= 15 is 0 Å². The van der Waals surface area contributed by atoms with Gasteiger partial charge in [-0.2, -0.15) is 0 Å². The molecule has 3 rings (SSSR count). The molecule has 0 aliphatic carbocycles. The van der Waals surface area contributed by atoms with Crippen LogP contribution in [-0.4, -0.2) is 40.1 Å². The zero-order valence-electron chi connectivity index (χ0n) is 16.5. The molecule has 9 nitrogen and oxygen atoms in total. The number of aromatic nitrogens is 3. The van der Waals surface area contributed by atoms with E-state index in [0.717, 1.165) is 15.8 Å². The van der Waals surface area contributed by atoms with E-state index in [4.69, 9.17) is 19.9 Å². The minimum Gasteiger partial charge on any atom is -0.474 e. The molecule has 2 heterocycles. The fourth-order valence-corrected chi connectivity index (χ4v) is 3.65. The van der Waals surface area contributed by atoms with Gasteiger partial charge in [0.15, 0.2) is 0 Å². The molecule has 0 radical (unpaired) electrons. The second-order valence-corrected chi connectivity index (χ2v) is 7.18. The van der Waals surface area contributed by atoms with Gasteiger partial charge < -0.3 is 25.3 Å². The van der Waals surface area contributed by atoms with Crippen LogP contribution in [0, 0.1) is 0 Å². The highest BCUT2D eigenvalue weighted by molar-refractivity contribution is 7.20. The summed E-state index contributed by atoms with van der Waals surface area (Å²) in [6.45, 7) is 6.34. The molecule has 0 saturated heterocycles. The highest BCUT2D eigenvalue weighted by Crippen LogP contribution is 2.36. The van der Waals surface area contributed by atoms with Crippen LogP contribution in [0.4, 0.5) is 0 Å². The van der Waals surface area contributed by atoms with Crippen molar-refractivity contribution in [1.82, 2.24) is 20.3 Å². The van der Waals surface area contributed by atoms with Crippen molar-refractivity contribution in [1.29, 1.82) is 0 Å². The summed E-state index contributed by atoms with van der Waals surface area (Å²) in [5.74, 6) is 1.13. The Labute approximate surface area is 172 Å². The lowest BCUT2D eigenvalue weighted by Gasteiger charge is -2.13. The number of fused-ring (bicyclic) bond motifs is 1. The van der Waals surface area contributed by atoms with E-state index in [9.17, 15) is 4.79 Å². The number of nitrogens with zero attached hydrogens (tertiary/aromatic N) is 3. The first kappa shape index (κ1) is 20.7. The first-order chi connectivity index (χ1) is 14.0. The maximum Gasteiger partial charge on any atom is 0.274 e. The van der Waals surface area contributed by atoms with Gasteiger partial charge in [-0.25, -0.2) is 15.0 Å². The van der Waals surface area contributed by atoms with Gasteiger partial charge in [0.05, 0.1) is 35.3 Å². The van der Waals surface area contributed by atoms with Crippen LogP contribution in [0.1, 0.15) is 26.3 Å². The number of benzene rings is 1. The summed E-state index contributed by atoms with van der Waals surface area (Å²) in [5.41, 5.74) is 7.60. The van der Waals surface area contributed by atoms with E-state index in [1.54, 1.807) is 6.07 Å². The lowest BCUT2D eigenvalue weighted by atomic mass is 10.2. The summed E-state index contributed by atoms with van der Waals surface area (Å²) in [7, 11) is 0. The highest BCUT2D eigenvalue weighted by atomic mass is 32.1. The highest BCUT2D eigenvalue weighted by Gasteiger charge is 2.14. The number of hydrogen-bond donors (Lipinski definition) is 2. The van der Waals surface area contributed by atoms with Gasteiger partial charge in [0.2, 0.25) is 17.7 Å². The van der Waals surface area contributed by atoms with Crippen LogP contribution in [0.3, 0.4) is 0 Å². The van der Waals surface area contributed by atoms with Crippen molar-refractivity contribution in [3.05, 3.63) is 30.1 Å². The molecule has 3 N–H and O–H groups in total. The van der Waals surface area contributed by atoms with Crippen LogP contribution in [-0.2, 0) is 11.3 Å². The second-order valence-electron chi connectivity index (χ2n) is 6.21. The van der Waals surface area contributed by atoms with Gasteiger partial charge in [-0.1, -0.05) is 11.3 Å². The molecule has 0 aliphatic rings. The number of nitrogens with one attached hydrogen (secondary N) is 1. The van der Waals surface area contributed by atoms with Crippen molar-refractivity contribution >= 4 is 27.5 Å². The van der Waals surface area contributed by atoms with E-state index in [-0.39, 0.29) is 25.1 Å². The summed E-state index contributed by atoms with van der Waals surface area (Å²) in [6, 6.07) is 3.53. The number of ether oxygens (including phenoxy) is 3. The monoisotopic (exact) mass is 417 g/mol. The third kappa shape index (κ3) is 5.30. The molecule has 2 aromatic heterocycles. The zero-order chi connectivity index (χ0) is 20.8. The average Bonchev–Trinajstić information content (AvgIpc) is 3.10. The number of carbonyl (C=O) groups is 1. The normalized spacial score (nSPS) is 11.9. The summed E-state index contributed by atoms with van der Waals surface area (Å²) in [5, 5.41) is 3.33. The van der Waals surface area contributed by atoms with Crippen LogP contribution >= 0.6 is 11.3 Å². The molecule has 1 amide bonds. The number of amides is 1. The van der Waals surface area contributed by atoms with Gasteiger partial charge in [-0.15, -0.1) is 0 Å². The first-order valence-corrected chi connectivity index (χ1v) is 9.96. The van der Waals surface area contributed by atoms with Gasteiger partial charge in [0.1, 0.15) is 12.4 Å². The zero-order valence-corrected chi connectivity index (χ0v) is 17.3. The number of rotatable bonds is 9. The molecule has 0 bridgehead atoms.